The van der Waals surface area contributed by atoms with E-state index in [0.717, 1.165) is 6.08 Å². The van der Waals surface area contributed by atoms with E-state index in [2.05, 4.69) is 11.3 Å². The predicted molar refractivity (Wildman–Crippen MR) is 43.3 cm³/mol. The Hall–Kier alpha value is 0.120. The summed E-state index contributed by atoms with van der Waals surface area (Å²) in [4.78, 5) is 10.5. The molecule has 0 saturated heterocycles. The molecule has 0 rings (SSSR count). The maximum absolute atomic E-state index is 10.5. The summed E-state index contributed by atoms with van der Waals surface area (Å²) in [5, 5.41) is 0. The first kappa shape index (κ1) is 15.6. The van der Waals surface area contributed by atoms with Crippen molar-refractivity contribution in [3.63, 3.8) is 0 Å². The van der Waals surface area contributed by atoms with Crippen molar-refractivity contribution in [3.05, 3.63) is 12.7 Å². The molecule has 1 N–H and O–H groups in total. The van der Waals surface area contributed by atoms with Gasteiger partial charge in [-0.3, -0.25) is 4.55 Å². The van der Waals surface area contributed by atoms with Crippen LogP contribution in [0.4, 0.5) is 0 Å². The van der Waals surface area contributed by atoms with Gasteiger partial charge in [-0.2, -0.15) is 8.42 Å². The Kier molecular flexibility index (Phi) is 7.86. The normalized spacial score (nSPS) is 12.5. The van der Waals surface area contributed by atoms with Gasteiger partial charge in [-0.1, -0.05) is 6.58 Å². The van der Waals surface area contributed by atoms with E-state index in [-0.39, 0.29) is 31.0 Å². The largest absolute Gasteiger partial charge is 1.00 e. The molecule has 1 unspecified atom stereocenters. The third kappa shape index (κ3) is 10.0. The monoisotopic (exact) mass is 218 g/mol. The van der Waals surface area contributed by atoms with Crippen molar-refractivity contribution < 1.29 is 53.5 Å². The third-order valence-corrected chi connectivity index (χ3v) is 1.82. The molecule has 0 aliphatic heterocycles. The van der Waals surface area contributed by atoms with E-state index in [4.69, 9.17) is 4.55 Å². The minimum absolute atomic E-state index is 0. The van der Waals surface area contributed by atoms with Gasteiger partial charge in [0, 0.05) is 6.08 Å². The predicted octanol–water partition coefficient (Wildman–Crippen LogP) is -2.89. The van der Waals surface area contributed by atoms with Gasteiger partial charge < -0.3 is 6.16 Å². The molecule has 0 saturated carbocycles. The molecule has 0 amide bonds. The number of rotatable bonds is 4. The standard InChI is InChI=1S/C6H10O5S.Na.H/c1-3-6(7)11-5(2)4-12(8,9)10;;/h3,5H,1,4H2,2H3,(H,8,9,10);;/q;+1;-1. The van der Waals surface area contributed by atoms with Gasteiger partial charge in [-0.05, 0) is 6.92 Å². The molecule has 1 atom stereocenters. The zero-order valence-electron chi connectivity index (χ0n) is 8.56. The van der Waals surface area contributed by atoms with Crippen LogP contribution in [-0.2, 0) is 19.6 Å². The first-order valence-corrected chi connectivity index (χ1v) is 4.74. The van der Waals surface area contributed by atoms with Crippen molar-refractivity contribution in [1.82, 2.24) is 0 Å². The molecule has 0 aliphatic rings. The number of carbonyl (C=O) groups is 1. The molecule has 0 aromatic rings. The van der Waals surface area contributed by atoms with Gasteiger partial charge in [0.05, 0.1) is 0 Å². The molecule has 0 bridgehead atoms. The Labute approximate surface area is 101 Å². The van der Waals surface area contributed by atoms with Crippen LogP contribution in [0.1, 0.15) is 8.35 Å². The van der Waals surface area contributed by atoms with Gasteiger partial charge in [-0.25, -0.2) is 4.79 Å². The minimum Gasteiger partial charge on any atom is -1.00 e. The fourth-order valence-corrected chi connectivity index (χ4v) is 1.24. The van der Waals surface area contributed by atoms with Crippen LogP contribution in [0, 0.1) is 0 Å². The summed E-state index contributed by atoms with van der Waals surface area (Å²) in [6, 6.07) is 0. The fraction of sp³-hybridized carbons (Fsp3) is 0.500. The van der Waals surface area contributed by atoms with E-state index in [1.54, 1.807) is 0 Å². The average Bonchev–Trinajstić information content (AvgIpc) is 1.82. The molecule has 72 valence electrons. The third-order valence-electron chi connectivity index (χ3n) is 0.929. The zero-order valence-corrected chi connectivity index (χ0v) is 10.4. The van der Waals surface area contributed by atoms with Gasteiger partial charge in [0.2, 0.25) is 0 Å². The van der Waals surface area contributed by atoms with Crippen LogP contribution in [-0.4, -0.2) is 30.8 Å². The Morgan fingerprint density at radius 3 is 2.54 bits per heavy atom. The van der Waals surface area contributed by atoms with Gasteiger partial charge in [0.1, 0.15) is 11.9 Å². The second-order valence-corrected chi connectivity index (χ2v) is 3.70. The van der Waals surface area contributed by atoms with E-state index in [1.807, 2.05) is 0 Å². The molecule has 0 fully saturated rings. The summed E-state index contributed by atoms with van der Waals surface area (Å²) in [7, 11) is -4.09. The molecule has 5 nitrogen and oxygen atoms in total. The minimum atomic E-state index is -4.09. The van der Waals surface area contributed by atoms with Crippen molar-refractivity contribution in [1.29, 1.82) is 0 Å². The average molecular weight is 218 g/mol. The van der Waals surface area contributed by atoms with Crippen LogP contribution in [0.3, 0.4) is 0 Å². The molecule has 0 aromatic carbocycles. The topological polar surface area (TPSA) is 80.7 Å². The van der Waals surface area contributed by atoms with Crippen molar-refractivity contribution in [3.8, 4) is 0 Å². The van der Waals surface area contributed by atoms with Gasteiger partial charge in [0.25, 0.3) is 10.1 Å². The summed E-state index contributed by atoms with van der Waals surface area (Å²) >= 11 is 0. The van der Waals surface area contributed by atoms with Crippen molar-refractivity contribution in [2.24, 2.45) is 0 Å². The quantitative estimate of drug-likeness (QED) is 0.237. The van der Waals surface area contributed by atoms with E-state index >= 15 is 0 Å². The Morgan fingerprint density at radius 1 is 1.77 bits per heavy atom. The maximum atomic E-state index is 10.5. The van der Waals surface area contributed by atoms with Crippen LogP contribution in [0.2, 0.25) is 0 Å². The summed E-state index contributed by atoms with van der Waals surface area (Å²) in [6.07, 6.45) is 0.0472. The number of carbonyl (C=O) groups excluding carboxylic acids is 1. The molecule has 13 heavy (non-hydrogen) atoms. The van der Waals surface area contributed by atoms with E-state index in [9.17, 15) is 13.2 Å². The summed E-state index contributed by atoms with van der Waals surface area (Å²) in [5.41, 5.74) is 0. The van der Waals surface area contributed by atoms with Gasteiger partial charge in [0.15, 0.2) is 0 Å². The van der Waals surface area contributed by atoms with Crippen molar-refractivity contribution in [2.75, 3.05) is 5.75 Å². The van der Waals surface area contributed by atoms with E-state index in [0.29, 0.717) is 0 Å². The van der Waals surface area contributed by atoms with Crippen molar-refractivity contribution in [2.45, 2.75) is 13.0 Å². The van der Waals surface area contributed by atoms with Gasteiger partial charge >= 0.3 is 35.5 Å². The number of hydrogen-bond acceptors (Lipinski definition) is 4. The molecule has 7 heteroatoms. The summed E-state index contributed by atoms with van der Waals surface area (Å²) in [5.74, 6) is -1.32. The SMILES string of the molecule is C=CC(=O)OC(C)CS(=O)(=O)O.[H-].[Na+]. The summed E-state index contributed by atoms with van der Waals surface area (Å²) in [6.45, 7) is 4.48. The first-order valence-electron chi connectivity index (χ1n) is 3.13. The van der Waals surface area contributed by atoms with Crippen LogP contribution in [0.25, 0.3) is 0 Å². The molecular weight excluding hydrogens is 207 g/mol. The van der Waals surface area contributed by atoms with E-state index < -0.39 is 27.9 Å². The van der Waals surface area contributed by atoms with Crippen LogP contribution in [0.15, 0.2) is 12.7 Å². The zero-order chi connectivity index (χ0) is 9.78. The first-order chi connectivity index (χ1) is 5.35. The molecule has 0 spiro atoms. The Bertz CT molecular complexity index is 276. The maximum Gasteiger partial charge on any atom is 1.00 e. The second kappa shape index (κ2) is 6.56. The Morgan fingerprint density at radius 2 is 2.23 bits per heavy atom. The van der Waals surface area contributed by atoms with Crippen LogP contribution < -0.4 is 29.6 Å². The molecule has 0 aliphatic carbocycles. The number of esters is 1. The van der Waals surface area contributed by atoms with Gasteiger partial charge in [-0.15, -0.1) is 0 Å². The molecule has 0 radical (unpaired) electrons. The Balaban J connectivity index is -0.000000605. The summed E-state index contributed by atoms with van der Waals surface area (Å²) < 4.78 is 33.3. The number of hydrogen-bond donors (Lipinski definition) is 1. The fourth-order valence-electron chi connectivity index (χ4n) is 0.577. The van der Waals surface area contributed by atoms with Crippen LogP contribution in [0.5, 0.6) is 0 Å². The van der Waals surface area contributed by atoms with E-state index in [1.165, 1.54) is 6.92 Å². The smallest absolute Gasteiger partial charge is 1.00 e. The number of ether oxygens (including phenoxy) is 1. The van der Waals surface area contributed by atoms with Crippen molar-refractivity contribution >= 4 is 16.1 Å². The van der Waals surface area contributed by atoms with Crippen LogP contribution >= 0.6 is 0 Å². The molecular formula is C6H11NaO5S. The second-order valence-electron chi connectivity index (χ2n) is 2.20. The molecule has 0 heterocycles. The molecule has 0 aromatic heterocycles.